The van der Waals surface area contributed by atoms with Gasteiger partial charge in [-0.3, -0.25) is 19.8 Å². The van der Waals surface area contributed by atoms with Crippen LogP contribution in [0.2, 0.25) is 0 Å². The smallest absolute Gasteiger partial charge is 0.250 e. The fourth-order valence-electron chi connectivity index (χ4n) is 5.05. The second kappa shape index (κ2) is 9.26. The topological polar surface area (TPSA) is 127 Å². The first-order chi connectivity index (χ1) is 16.9. The minimum absolute atomic E-state index is 0.150. The van der Waals surface area contributed by atoms with Gasteiger partial charge < -0.3 is 20.1 Å². The van der Waals surface area contributed by atoms with E-state index in [0.717, 1.165) is 22.2 Å². The number of para-hydroxylation sites is 1. The van der Waals surface area contributed by atoms with Crippen LogP contribution in [-0.4, -0.2) is 52.7 Å². The molecule has 4 N–H and O–H groups in total. The van der Waals surface area contributed by atoms with Crippen molar-refractivity contribution >= 4 is 22.7 Å². The summed E-state index contributed by atoms with van der Waals surface area (Å²) in [6, 6.07) is 16.8. The lowest BCUT2D eigenvalue weighted by Gasteiger charge is -2.29. The average molecular weight is 477 g/mol. The van der Waals surface area contributed by atoms with Crippen molar-refractivity contribution in [3.63, 3.8) is 0 Å². The predicted octanol–water partition coefficient (Wildman–Crippen LogP) is 2.03. The van der Waals surface area contributed by atoms with E-state index in [2.05, 4.69) is 4.98 Å². The highest BCUT2D eigenvalue weighted by atomic mass is 16.5. The molecule has 3 heterocycles. The van der Waals surface area contributed by atoms with E-state index in [4.69, 9.17) is 20.4 Å². The number of hydrogen-bond acceptors (Lipinski definition) is 7. The first-order valence-electron chi connectivity index (χ1n) is 11.6. The first-order valence-corrected chi connectivity index (χ1v) is 11.6. The Balaban J connectivity index is 1.29. The van der Waals surface area contributed by atoms with Crippen molar-refractivity contribution in [2.75, 3.05) is 19.8 Å². The van der Waals surface area contributed by atoms with Crippen molar-refractivity contribution in [3.05, 3.63) is 71.4 Å². The monoisotopic (exact) mass is 476 g/mol. The van der Waals surface area contributed by atoms with Gasteiger partial charge in [-0.15, -0.1) is 0 Å². The van der Waals surface area contributed by atoms with Crippen molar-refractivity contribution in [2.45, 2.75) is 31.5 Å². The predicted molar refractivity (Wildman–Crippen MR) is 127 cm³/mol. The number of aryl methyl sites for hydroxylation is 1. The van der Waals surface area contributed by atoms with Gasteiger partial charge in [-0.2, -0.15) is 0 Å². The Morgan fingerprint density at radius 3 is 2.80 bits per heavy atom. The molecule has 0 aliphatic carbocycles. The number of amides is 2. The van der Waals surface area contributed by atoms with Gasteiger partial charge in [0.2, 0.25) is 5.91 Å². The second-order valence-electron chi connectivity index (χ2n) is 9.16. The largest absolute Gasteiger partial charge is 0.489 e. The van der Waals surface area contributed by atoms with Crippen LogP contribution < -0.4 is 16.0 Å². The van der Waals surface area contributed by atoms with Crippen molar-refractivity contribution in [2.24, 2.45) is 11.7 Å². The highest BCUT2D eigenvalue weighted by Gasteiger charge is 2.50. The third-order valence-corrected chi connectivity index (χ3v) is 6.98. The maximum absolute atomic E-state index is 13.3. The van der Waals surface area contributed by atoms with Gasteiger partial charge in [0, 0.05) is 23.2 Å². The molecular weight excluding hydrogens is 448 g/mol. The van der Waals surface area contributed by atoms with E-state index >= 15 is 0 Å². The van der Waals surface area contributed by atoms with Gasteiger partial charge in [-0.1, -0.05) is 30.3 Å². The zero-order chi connectivity index (χ0) is 24.6. The van der Waals surface area contributed by atoms with E-state index in [1.54, 1.807) is 10.4 Å². The van der Waals surface area contributed by atoms with Crippen LogP contribution in [0.5, 0.6) is 5.75 Å². The van der Waals surface area contributed by atoms with Crippen molar-refractivity contribution in [3.8, 4) is 5.75 Å². The molecule has 0 unspecified atom stereocenters. The number of carbonyl (C=O) groups excluding carboxylic acids is 2. The zero-order valence-corrected chi connectivity index (χ0v) is 19.4. The van der Waals surface area contributed by atoms with E-state index in [-0.39, 0.29) is 19.1 Å². The molecule has 3 atom stereocenters. The minimum Gasteiger partial charge on any atom is -0.489 e. The van der Waals surface area contributed by atoms with Crippen LogP contribution in [0.4, 0.5) is 0 Å². The quantitative estimate of drug-likeness (QED) is 0.367. The van der Waals surface area contributed by atoms with Crippen LogP contribution in [0.25, 0.3) is 10.9 Å². The number of rotatable bonds is 6. The summed E-state index contributed by atoms with van der Waals surface area (Å²) < 4.78 is 11.5. The molecule has 2 saturated heterocycles. The standard InChI is InChI=1S/C26H28N4O5/c1-16-12-17(20-4-2-3-5-22(20)28-16)13-35-19-8-6-18(7-9-19)26(27)10-11-30(25(26)32)23-15-34-14-21(23)24(31)29-33/h2-9,12,21,23,33H,10-11,13-15,27H2,1H3,(H,29,31)/t21-,23-,26-/m0/s1. The Labute approximate surface area is 202 Å². The van der Waals surface area contributed by atoms with Crippen LogP contribution in [0, 0.1) is 12.8 Å². The molecule has 2 aliphatic heterocycles. The van der Waals surface area contributed by atoms with E-state index in [9.17, 15) is 9.59 Å². The molecule has 0 radical (unpaired) electrons. The molecule has 182 valence electrons. The van der Waals surface area contributed by atoms with Gasteiger partial charge in [-0.05, 0) is 43.2 Å². The number of pyridine rings is 1. The molecule has 35 heavy (non-hydrogen) atoms. The molecule has 1 aromatic heterocycles. The van der Waals surface area contributed by atoms with Crippen LogP contribution in [0.3, 0.4) is 0 Å². The summed E-state index contributed by atoms with van der Waals surface area (Å²) in [5, 5.41) is 10.1. The third-order valence-electron chi connectivity index (χ3n) is 6.98. The van der Waals surface area contributed by atoms with Crippen molar-refractivity contribution in [1.29, 1.82) is 0 Å². The summed E-state index contributed by atoms with van der Waals surface area (Å²) in [5.41, 5.74) is 10.7. The molecule has 3 aromatic rings. The number of ether oxygens (including phenoxy) is 2. The fourth-order valence-corrected chi connectivity index (χ4v) is 5.05. The number of nitrogens with zero attached hydrogens (tertiary/aromatic N) is 2. The van der Waals surface area contributed by atoms with Gasteiger partial charge >= 0.3 is 0 Å². The Hall–Kier alpha value is -3.53. The summed E-state index contributed by atoms with van der Waals surface area (Å²) in [4.78, 5) is 31.5. The van der Waals surface area contributed by atoms with E-state index in [1.807, 2.05) is 61.5 Å². The molecule has 2 fully saturated rings. The number of hydroxylamine groups is 1. The molecular formula is C26H28N4O5. The summed E-state index contributed by atoms with van der Waals surface area (Å²) in [7, 11) is 0. The van der Waals surface area contributed by atoms with Crippen molar-refractivity contribution in [1.82, 2.24) is 15.4 Å². The molecule has 9 heteroatoms. The maximum Gasteiger partial charge on any atom is 0.250 e. The molecule has 5 rings (SSSR count). The lowest BCUT2D eigenvalue weighted by Crippen LogP contribution is -2.51. The lowest BCUT2D eigenvalue weighted by molar-refractivity contribution is -0.139. The third kappa shape index (κ3) is 4.22. The summed E-state index contributed by atoms with van der Waals surface area (Å²) in [6.45, 7) is 3.14. The first kappa shape index (κ1) is 23.2. The van der Waals surface area contributed by atoms with Gasteiger partial charge in [0.25, 0.3) is 5.91 Å². The number of likely N-dealkylation sites (tertiary alicyclic amines) is 1. The number of benzene rings is 2. The number of nitrogens with one attached hydrogen (secondary N) is 1. The van der Waals surface area contributed by atoms with Crippen LogP contribution >= 0.6 is 0 Å². The maximum atomic E-state index is 13.3. The summed E-state index contributed by atoms with van der Waals surface area (Å²) >= 11 is 0. The molecule has 9 nitrogen and oxygen atoms in total. The molecule has 0 spiro atoms. The average Bonchev–Trinajstić information content (AvgIpc) is 3.47. The van der Waals surface area contributed by atoms with Crippen LogP contribution in [0.15, 0.2) is 54.6 Å². The lowest BCUT2D eigenvalue weighted by atomic mass is 9.89. The van der Waals surface area contributed by atoms with Gasteiger partial charge in [0.05, 0.1) is 30.7 Å². The highest BCUT2D eigenvalue weighted by Crippen LogP contribution is 2.35. The number of fused-ring (bicyclic) bond motifs is 1. The number of nitrogens with two attached hydrogens (primary N) is 1. The Morgan fingerprint density at radius 2 is 2.03 bits per heavy atom. The van der Waals surface area contributed by atoms with E-state index < -0.39 is 23.4 Å². The Kier molecular flexibility index (Phi) is 6.14. The molecule has 0 bridgehead atoms. The minimum atomic E-state index is -1.19. The number of carbonyl (C=O) groups is 2. The fraction of sp³-hybridized carbons (Fsp3) is 0.346. The van der Waals surface area contributed by atoms with Gasteiger partial charge in [0.1, 0.15) is 17.9 Å². The van der Waals surface area contributed by atoms with E-state index in [0.29, 0.717) is 30.9 Å². The zero-order valence-electron chi connectivity index (χ0n) is 19.4. The SMILES string of the molecule is Cc1cc(COc2ccc([C@@]3(N)CCN([C@H]4COC[C@@H]4C(=O)NO)C3=O)cc2)c2ccccc2n1. The second-order valence-corrected chi connectivity index (χ2v) is 9.16. The van der Waals surface area contributed by atoms with Gasteiger partial charge in [0.15, 0.2) is 0 Å². The van der Waals surface area contributed by atoms with E-state index in [1.165, 1.54) is 0 Å². The number of aromatic nitrogens is 1. The Morgan fingerprint density at radius 1 is 1.26 bits per heavy atom. The summed E-state index contributed by atoms with van der Waals surface area (Å²) in [6.07, 6.45) is 0.415. The molecule has 2 amide bonds. The normalized spacial score (nSPS) is 24.2. The molecule has 2 aliphatic rings. The summed E-state index contributed by atoms with van der Waals surface area (Å²) in [5.74, 6) is -0.776. The molecule has 0 saturated carbocycles. The molecule has 2 aromatic carbocycles. The van der Waals surface area contributed by atoms with Crippen LogP contribution in [0.1, 0.15) is 23.2 Å². The van der Waals surface area contributed by atoms with Gasteiger partial charge in [-0.25, -0.2) is 5.48 Å². The highest BCUT2D eigenvalue weighted by molar-refractivity contribution is 5.91. The number of hydrogen-bond donors (Lipinski definition) is 3. The Bertz CT molecular complexity index is 1260. The van der Waals surface area contributed by atoms with Crippen LogP contribution in [-0.2, 0) is 26.5 Å². The van der Waals surface area contributed by atoms with Crippen molar-refractivity contribution < 1.29 is 24.3 Å².